The van der Waals surface area contributed by atoms with E-state index in [2.05, 4.69) is 4.74 Å². The highest BCUT2D eigenvalue weighted by molar-refractivity contribution is 7.53. The van der Waals surface area contributed by atoms with Crippen molar-refractivity contribution in [1.82, 2.24) is 4.90 Å². The second-order valence-corrected chi connectivity index (χ2v) is 9.16. The number of nitrogens with two attached hydrogens (primary N) is 2. The predicted molar refractivity (Wildman–Crippen MR) is 128 cm³/mol. The number of amides is 1. The van der Waals surface area contributed by atoms with Crippen molar-refractivity contribution in [3.63, 3.8) is 0 Å². The standard InChI is InChI=1S/C21H27F3N5O8P/c1-4-37-18(30)13-27(19(31)20(22,23)24)21(38(32,33)34,28(25)14-5-9-16(35-2)10-6-14)29(26)15-7-11-17(36-3)12-8-15/h5-12H,4,13,25-26H2,1-3H3,(H2,32,33,34). The van der Waals surface area contributed by atoms with Crippen LogP contribution in [-0.4, -0.2) is 65.6 Å². The number of nitrogens with zero attached hydrogens (tertiary/aromatic N) is 3. The number of hydrazine groups is 2. The molecule has 0 atom stereocenters. The lowest BCUT2D eigenvalue weighted by molar-refractivity contribution is -0.191. The van der Waals surface area contributed by atoms with Gasteiger partial charge in [-0.3, -0.25) is 29.1 Å². The minimum absolute atomic E-state index is 0.167. The zero-order chi connectivity index (χ0) is 28.9. The number of anilines is 2. The molecule has 1 amide bonds. The van der Waals surface area contributed by atoms with E-state index in [-0.39, 0.29) is 39.5 Å². The number of hydrogen-bond donors (Lipinski definition) is 4. The van der Waals surface area contributed by atoms with Crippen LogP contribution in [0.25, 0.3) is 0 Å². The molecule has 0 saturated heterocycles. The third-order valence-electron chi connectivity index (χ3n) is 5.18. The molecule has 0 unspecified atom stereocenters. The van der Waals surface area contributed by atoms with Crippen molar-refractivity contribution in [2.45, 2.75) is 18.6 Å². The van der Waals surface area contributed by atoms with Crippen LogP contribution in [0.4, 0.5) is 24.5 Å². The molecule has 0 saturated carbocycles. The van der Waals surface area contributed by atoms with Gasteiger partial charge in [0.1, 0.15) is 18.0 Å². The Kier molecular flexibility index (Phi) is 9.58. The Hall–Kier alpha value is -3.56. The molecule has 0 aliphatic rings. The van der Waals surface area contributed by atoms with Gasteiger partial charge < -0.3 is 24.0 Å². The zero-order valence-electron chi connectivity index (χ0n) is 20.5. The molecule has 0 bridgehead atoms. The van der Waals surface area contributed by atoms with Gasteiger partial charge in [0.15, 0.2) is 0 Å². The third-order valence-corrected chi connectivity index (χ3v) is 6.63. The summed E-state index contributed by atoms with van der Waals surface area (Å²) in [6.07, 6.45) is -5.73. The van der Waals surface area contributed by atoms with Gasteiger partial charge >= 0.3 is 31.2 Å². The molecule has 2 rings (SSSR count). The minimum Gasteiger partial charge on any atom is -0.497 e. The fourth-order valence-electron chi connectivity index (χ4n) is 3.45. The predicted octanol–water partition coefficient (Wildman–Crippen LogP) is 1.51. The fraction of sp³-hybridized carbons (Fsp3) is 0.333. The van der Waals surface area contributed by atoms with Crippen LogP contribution in [0.1, 0.15) is 6.92 Å². The van der Waals surface area contributed by atoms with E-state index in [0.717, 1.165) is 24.3 Å². The second kappa shape index (κ2) is 11.9. The van der Waals surface area contributed by atoms with E-state index in [1.165, 1.54) is 45.4 Å². The normalized spacial score (nSPS) is 11.9. The average molecular weight is 565 g/mol. The lowest BCUT2D eigenvalue weighted by Crippen LogP contribution is -2.77. The molecule has 38 heavy (non-hydrogen) atoms. The minimum atomic E-state index is -6.11. The van der Waals surface area contributed by atoms with Crippen molar-refractivity contribution in [3.8, 4) is 11.5 Å². The SMILES string of the molecule is CCOC(=O)CN(C(=O)C(F)(F)F)C(N(N)c1ccc(OC)cc1)(N(N)c1ccc(OC)cc1)P(=O)(O)O. The van der Waals surface area contributed by atoms with Gasteiger partial charge in [0.25, 0.3) is 0 Å². The first-order chi connectivity index (χ1) is 17.6. The molecule has 6 N–H and O–H groups in total. The van der Waals surface area contributed by atoms with Crippen LogP contribution in [-0.2, 0) is 18.9 Å². The zero-order valence-corrected chi connectivity index (χ0v) is 21.3. The molecule has 0 heterocycles. The highest BCUT2D eigenvalue weighted by atomic mass is 31.2. The van der Waals surface area contributed by atoms with Crippen molar-refractivity contribution in [2.24, 2.45) is 11.7 Å². The molecule has 17 heteroatoms. The lowest BCUT2D eigenvalue weighted by Gasteiger charge is -2.52. The number of carbonyl (C=O) groups is 2. The van der Waals surface area contributed by atoms with E-state index in [4.69, 9.17) is 21.2 Å². The maximum absolute atomic E-state index is 13.8. The summed E-state index contributed by atoms with van der Waals surface area (Å²) < 4.78 is 69.4. The molecule has 2 aromatic rings. The first kappa shape index (κ1) is 30.7. The van der Waals surface area contributed by atoms with Crippen molar-refractivity contribution in [3.05, 3.63) is 48.5 Å². The molecule has 0 aromatic heterocycles. The Morgan fingerprint density at radius 1 is 0.895 bits per heavy atom. The van der Waals surface area contributed by atoms with E-state index in [9.17, 15) is 37.1 Å². The van der Waals surface area contributed by atoms with Gasteiger partial charge in [-0.1, -0.05) is 0 Å². The van der Waals surface area contributed by atoms with Crippen molar-refractivity contribution < 1.29 is 51.3 Å². The Morgan fingerprint density at radius 2 is 1.29 bits per heavy atom. The van der Waals surface area contributed by atoms with Gasteiger partial charge in [0.05, 0.1) is 32.2 Å². The summed E-state index contributed by atoms with van der Waals surface area (Å²) in [5.41, 5.74) is -4.29. The average Bonchev–Trinajstić information content (AvgIpc) is 2.86. The molecule has 0 radical (unpaired) electrons. The third kappa shape index (κ3) is 6.11. The van der Waals surface area contributed by atoms with Gasteiger partial charge in [0, 0.05) is 0 Å². The molecular formula is C21H27F3N5O8P. The number of carbonyl (C=O) groups excluding carboxylic acids is 2. The molecule has 0 fully saturated rings. The Morgan fingerprint density at radius 3 is 1.58 bits per heavy atom. The number of ether oxygens (including phenoxy) is 3. The summed E-state index contributed by atoms with van der Waals surface area (Å²) in [7, 11) is -3.46. The summed E-state index contributed by atoms with van der Waals surface area (Å²) in [6, 6.07) is 9.73. The quantitative estimate of drug-likeness (QED) is 0.102. The van der Waals surface area contributed by atoms with Crippen LogP contribution >= 0.6 is 7.60 Å². The van der Waals surface area contributed by atoms with Gasteiger partial charge in [-0.2, -0.15) is 13.2 Å². The van der Waals surface area contributed by atoms with Gasteiger partial charge in [-0.25, -0.2) is 11.7 Å². The second-order valence-electron chi connectivity index (χ2n) is 7.47. The first-order valence-electron chi connectivity index (χ1n) is 10.6. The summed E-state index contributed by atoms with van der Waals surface area (Å²) in [5, 5.41) is 0.334. The summed E-state index contributed by atoms with van der Waals surface area (Å²) in [6.45, 7) is -0.570. The Balaban J connectivity index is 2.96. The molecule has 2 aromatic carbocycles. The van der Waals surface area contributed by atoms with Gasteiger partial charge in [-0.05, 0) is 55.5 Å². The van der Waals surface area contributed by atoms with E-state index in [0.29, 0.717) is 0 Å². The van der Waals surface area contributed by atoms with E-state index >= 15 is 0 Å². The van der Waals surface area contributed by atoms with Crippen LogP contribution in [0.3, 0.4) is 0 Å². The monoisotopic (exact) mass is 565 g/mol. The Labute approximate surface area is 215 Å². The van der Waals surface area contributed by atoms with Gasteiger partial charge in [-0.15, -0.1) is 0 Å². The molecule has 210 valence electrons. The van der Waals surface area contributed by atoms with E-state index in [1.807, 2.05) is 0 Å². The largest absolute Gasteiger partial charge is 0.497 e. The molecule has 0 aliphatic carbocycles. The number of methoxy groups -OCH3 is 2. The van der Waals surface area contributed by atoms with Crippen LogP contribution < -0.4 is 31.2 Å². The number of esters is 1. The summed E-state index contributed by atoms with van der Waals surface area (Å²) >= 11 is 0. The first-order valence-corrected chi connectivity index (χ1v) is 12.2. The molecule has 13 nitrogen and oxygen atoms in total. The highest BCUT2D eigenvalue weighted by Gasteiger charge is 2.66. The number of benzene rings is 2. The maximum atomic E-state index is 13.8. The van der Waals surface area contributed by atoms with Crippen LogP contribution in [0.15, 0.2) is 48.5 Å². The van der Waals surface area contributed by atoms with Crippen molar-refractivity contribution in [1.29, 1.82) is 0 Å². The van der Waals surface area contributed by atoms with E-state index < -0.39 is 42.6 Å². The number of hydrogen-bond acceptors (Lipinski definition) is 10. The number of rotatable bonds is 11. The van der Waals surface area contributed by atoms with Crippen LogP contribution in [0.2, 0.25) is 0 Å². The van der Waals surface area contributed by atoms with Crippen LogP contribution in [0.5, 0.6) is 11.5 Å². The molecule has 0 aliphatic heterocycles. The summed E-state index contributed by atoms with van der Waals surface area (Å²) in [4.78, 5) is 45.9. The molecule has 0 spiro atoms. The maximum Gasteiger partial charge on any atom is 0.471 e. The van der Waals surface area contributed by atoms with Crippen molar-refractivity contribution >= 4 is 30.8 Å². The summed E-state index contributed by atoms with van der Waals surface area (Å²) in [5.74, 6) is 8.51. The molecular weight excluding hydrogens is 538 g/mol. The number of alkyl halides is 3. The smallest absolute Gasteiger partial charge is 0.471 e. The number of halogens is 3. The van der Waals surface area contributed by atoms with Crippen LogP contribution in [0, 0.1) is 0 Å². The fourth-order valence-corrected chi connectivity index (χ4v) is 4.72. The Bertz CT molecular complexity index is 1110. The van der Waals surface area contributed by atoms with Crippen molar-refractivity contribution in [2.75, 3.05) is 37.4 Å². The van der Waals surface area contributed by atoms with Gasteiger partial charge in [0.2, 0.25) is 0 Å². The highest BCUT2D eigenvalue weighted by Crippen LogP contribution is 2.57. The topological polar surface area (TPSA) is 181 Å². The lowest BCUT2D eigenvalue weighted by atomic mass is 10.2. The van der Waals surface area contributed by atoms with E-state index in [1.54, 1.807) is 0 Å².